The van der Waals surface area contributed by atoms with Crippen molar-refractivity contribution in [3.05, 3.63) is 59.6 Å². The third-order valence-corrected chi connectivity index (χ3v) is 2.64. The highest BCUT2D eigenvalue weighted by atomic mass is 19.1. The number of furan rings is 1. The van der Waals surface area contributed by atoms with Gasteiger partial charge in [-0.05, 0) is 31.2 Å². The van der Waals surface area contributed by atoms with Gasteiger partial charge < -0.3 is 9.73 Å². The average molecular weight is 265 g/mol. The Labute approximate surface area is 109 Å². The van der Waals surface area contributed by atoms with Crippen LogP contribution in [0.5, 0.6) is 0 Å². The Morgan fingerprint density at radius 2 is 2.16 bits per heavy atom. The molecule has 1 atom stereocenters. The maximum Gasteiger partial charge on any atom is 0.254 e. The average Bonchev–Trinajstić information content (AvgIpc) is 2.81. The van der Waals surface area contributed by atoms with Gasteiger partial charge in [0, 0.05) is 18.5 Å². The van der Waals surface area contributed by atoms with Crippen molar-refractivity contribution in [2.75, 3.05) is 0 Å². The molecule has 0 saturated heterocycles. The molecule has 1 amide bonds. The van der Waals surface area contributed by atoms with Gasteiger partial charge in [0.05, 0.1) is 11.8 Å². The molecular weight excluding hydrogens is 252 g/mol. The lowest BCUT2D eigenvalue weighted by Gasteiger charge is -2.12. The van der Waals surface area contributed by atoms with E-state index in [1.807, 2.05) is 0 Å². The highest BCUT2D eigenvalue weighted by molar-refractivity contribution is 5.94. The summed E-state index contributed by atoms with van der Waals surface area (Å²) in [5.41, 5.74) is -0.173. The lowest BCUT2D eigenvalue weighted by atomic mass is 10.1. The van der Waals surface area contributed by atoms with Crippen LogP contribution in [0.2, 0.25) is 0 Å². The number of halogens is 2. The first-order valence-corrected chi connectivity index (χ1v) is 5.84. The maximum absolute atomic E-state index is 13.4. The summed E-state index contributed by atoms with van der Waals surface area (Å²) in [4.78, 5) is 11.8. The number of benzene rings is 1. The van der Waals surface area contributed by atoms with E-state index >= 15 is 0 Å². The van der Waals surface area contributed by atoms with Crippen molar-refractivity contribution in [1.29, 1.82) is 0 Å². The smallest absolute Gasteiger partial charge is 0.254 e. The normalized spacial score (nSPS) is 12.2. The quantitative estimate of drug-likeness (QED) is 0.923. The summed E-state index contributed by atoms with van der Waals surface area (Å²) in [5, 5.41) is 2.63. The van der Waals surface area contributed by atoms with E-state index < -0.39 is 17.5 Å². The maximum atomic E-state index is 13.4. The van der Waals surface area contributed by atoms with E-state index in [2.05, 4.69) is 5.32 Å². The molecule has 0 aliphatic rings. The fourth-order valence-corrected chi connectivity index (χ4v) is 1.76. The zero-order valence-electron chi connectivity index (χ0n) is 10.3. The van der Waals surface area contributed by atoms with E-state index in [1.54, 1.807) is 25.3 Å². The van der Waals surface area contributed by atoms with Crippen molar-refractivity contribution >= 4 is 5.91 Å². The Kier molecular flexibility index (Phi) is 3.94. The minimum Gasteiger partial charge on any atom is -0.469 e. The molecule has 2 aromatic rings. The second kappa shape index (κ2) is 5.65. The van der Waals surface area contributed by atoms with Gasteiger partial charge >= 0.3 is 0 Å². The van der Waals surface area contributed by atoms with Crippen molar-refractivity contribution in [2.45, 2.75) is 19.4 Å². The summed E-state index contributed by atoms with van der Waals surface area (Å²) in [6.07, 6.45) is 2.05. The number of hydrogen-bond acceptors (Lipinski definition) is 2. The molecule has 1 N–H and O–H groups in total. The molecule has 0 bridgehead atoms. The molecule has 1 heterocycles. The van der Waals surface area contributed by atoms with Crippen LogP contribution in [0, 0.1) is 11.6 Å². The first-order chi connectivity index (χ1) is 9.06. The number of amides is 1. The van der Waals surface area contributed by atoms with Crippen LogP contribution in [0.25, 0.3) is 0 Å². The Bertz CT molecular complexity index is 567. The van der Waals surface area contributed by atoms with E-state index in [9.17, 15) is 13.6 Å². The first kappa shape index (κ1) is 13.3. The van der Waals surface area contributed by atoms with Crippen LogP contribution >= 0.6 is 0 Å². The minimum absolute atomic E-state index is 0.173. The molecule has 5 heteroatoms. The number of rotatable bonds is 4. The van der Waals surface area contributed by atoms with Gasteiger partial charge in [-0.25, -0.2) is 8.78 Å². The number of nitrogens with one attached hydrogen (secondary N) is 1. The summed E-state index contributed by atoms with van der Waals surface area (Å²) in [5.74, 6) is -1.43. The van der Waals surface area contributed by atoms with Gasteiger partial charge in [0.1, 0.15) is 17.4 Å². The van der Waals surface area contributed by atoms with E-state index in [4.69, 9.17) is 4.42 Å². The fraction of sp³-hybridized carbons (Fsp3) is 0.214. The zero-order chi connectivity index (χ0) is 13.8. The Balaban J connectivity index is 2.00. The molecule has 0 radical (unpaired) electrons. The highest BCUT2D eigenvalue weighted by Gasteiger charge is 2.15. The molecule has 0 saturated carbocycles. The first-order valence-electron chi connectivity index (χ1n) is 5.84. The van der Waals surface area contributed by atoms with E-state index in [1.165, 1.54) is 0 Å². The Morgan fingerprint density at radius 1 is 1.37 bits per heavy atom. The van der Waals surface area contributed by atoms with Gasteiger partial charge in [-0.2, -0.15) is 0 Å². The second-order valence-electron chi connectivity index (χ2n) is 4.28. The third-order valence-electron chi connectivity index (χ3n) is 2.64. The van der Waals surface area contributed by atoms with Crippen molar-refractivity contribution in [3.63, 3.8) is 0 Å². The summed E-state index contributed by atoms with van der Waals surface area (Å²) in [6, 6.07) is 6.19. The van der Waals surface area contributed by atoms with Gasteiger partial charge in [-0.3, -0.25) is 4.79 Å². The summed E-state index contributed by atoms with van der Waals surface area (Å²) >= 11 is 0. The summed E-state index contributed by atoms with van der Waals surface area (Å²) < 4.78 is 31.3. The van der Waals surface area contributed by atoms with E-state index in [0.717, 1.165) is 17.9 Å². The molecule has 3 nitrogen and oxygen atoms in total. The molecule has 0 fully saturated rings. The minimum atomic E-state index is -0.873. The molecule has 1 aromatic heterocycles. The van der Waals surface area contributed by atoms with Gasteiger partial charge in [0.25, 0.3) is 5.91 Å². The van der Waals surface area contributed by atoms with Crippen LogP contribution in [0.4, 0.5) is 8.78 Å². The lowest BCUT2D eigenvalue weighted by molar-refractivity contribution is 0.0935. The fourth-order valence-electron chi connectivity index (χ4n) is 1.76. The highest BCUT2D eigenvalue weighted by Crippen LogP contribution is 2.10. The van der Waals surface area contributed by atoms with Gasteiger partial charge in [0.15, 0.2) is 0 Å². The predicted octanol–water partition coefficient (Wildman–Crippen LogP) is 2.92. The number of carbonyl (C=O) groups excluding carboxylic acids is 1. The van der Waals surface area contributed by atoms with Gasteiger partial charge in [-0.15, -0.1) is 0 Å². The van der Waals surface area contributed by atoms with Crippen molar-refractivity contribution in [3.8, 4) is 0 Å². The van der Waals surface area contributed by atoms with Crippen molar-refractivity contribution in [2.24, 2.45) is 0 Å². The molecule has 1 aromatic carbocycles. The van der Waals surface area contributed by atoms with Crippen LogP contribution in [-0.4, -0.2) is 11.9 Å². The molecule has 0 spiro atoms. The molecule has 0 aliphatic carbocycles. The Morgan fingerprint density at radius 3 is 2.79 bits per heavy atom. The zero-order valence-corrected chi connectivity index (χ0v) is 10.3. The molecular formula is C14H13F2NO2. The van der Waals surface area contributed by atoms with Gasteiger partial charge in [-0.1, -0.05) is 0 Å². The van der Waals surface area contributed by atoms with Crippen LogP contribution in [0.3, 0.4) is 0 Å². The molecule has 0 aliphatic heterocycles. The van der Waals surface area contributed by atoms with Crippen LogP contribution in [0.15, 0.2) is 41.0 Å². The largest absolute Gasteiger partial charge is 0.469 e. The lowest BCUT2D eigenvalue weighted by Crippen LogP contribution is -2.34. The molecule has 2 rings (SSSR count). The van der Waals surface area contributed by atoms with Crippen LogP contribution in [-0.2, 0) is 6.42 Å². The second-order valence-corrected chi connectivity index (χ2v) is 4.28. The van der Waals surface area contributed by atoms with Crippen LogP contribution < -0.4 is 5.32 Å². The van der Waals surface area contributed by atoms with Crippen LogP contribution in [0.1, 0.15) is 23.0 Å². The molecule has 19 heavy (non-hydrogen) atoms. The topological polar surface area (TPSA) is 42.2 Å². The van der Waals surface area contributed by atoms with Crippen molar-refractivity contribution in [1.82, 2.24) is 5.32 Å². The Hall–Kier alpha value is -2.17. The van der Waals surface area contributed by atoms with E-state index in [0.29, 0.717) is 12.5 Å². The molecule has 100 valence electrons. The summed E-state index contributed by atoms with van der Waals surface area (Å²) in [7, 11) is 0. The predicted molar refractivity (Wildman–Crippen MR) is 65.7 cm³/mol. The van der Waals surface area contributed by atoms with Gasteiger partial charge in [0.2, 0.25) is 0 Å². The third kappa shape index (κ3) is 3.40. The number of carbonyl (C=O) groups is 1. The van der Waals surface area contributed by atoms with E-state index in [-0.39, 0.29) is 11.6 Å². The van der Waals surface area contributed by atoms with Crippen molar-refractivity contribution < 1.29 is 18.0 Å². The number of hydrogen-bond donors (Lipinski definition) is 1. The SMILES string of the molecule is CC(Cc1ccco1)NC(=O)c1ccc(F)cc1F. The molecule has 1 unspecified atom stereocenters. The standard InChI is InChI=1S/C14H13F2NO2/c1-9(7-11-3-2-6-19-11)17-14(18)12-5-4-10(15)8-13(12)16/h2-6,8-9H,7H2,1H3,(H,17,18). The monoisotopic (exact) mass is 265 g/mol. The summed E-state index contributed by atoms with van der Waals surface area (Å²) in [6.45, 7) is 1.78.